The first kappa shape index (κ1) is 37.7. The fourth-order valence-corrected chi connectivity index (χ4v) is 8.05. The molecule has 3 aliphatic heterocycles. The number of hydrogen-bond donors (Lipinski definition) is 4. The molecule has 292 valence electrons. The predicted octanol–water partition coefficient (Wildman–Crippen LogP) is 10.5. The largest absolute Gasteiger partial charge is 0.378 e. The first-order valence-electron chi connectivity index (χ1n) is 20.4. The second kappa shape index (κ2) is 16.2. The highest BCUT2D eigenvalue weighted by Crippen LogP contribution is 2.33. The van der Waals surface area contributed by atoms with Crippen LogP contribution in [-0.4, -0.2) is 17.5 Å². The average molecular weight is 772 g/mol. The molecule has 3 aliphatic rings. The molecule has 3 heterocycles. The van der Waals surface area contributed by atoms with Crippen molar-refractivity contribution in [3.05, 3.63) is 225 Å². The standard InChI is InChI=1S/C52H49N7/c1-32-11-6-16-39(25-32)47-54-48(40-17-7-12-33(2)26-40)57-51(56-47)44-29-43(37-21-23-38(24-22-37)46-20-10-15-36(5)53-46)30-45(31-44)52-58-49(41-18-8-13-34(3)27-41)55-50(59-52)42-19-9-14-35(4)28-42/h6-31,46-47,49,51,53,56H,1-5H3,(H,54,57)(H,55,58,59). The van der Waals surface area contributed by atoms with Gasteiger partial charge in [0.2, 0.25) is 0 Å². The highest BCUT2D eigenvalue weighted by molar-refractivity contribution is 6.16. The molecule has 6 aromatic rings. The predicted molar refractivity (Wildman–Crippen MR) is 243 cm³/mol. The third-order valence-electron chi connectivity index (χ3n) is 11.1. The minimum atomic E-state index is -0.421. The maximum Gasteiger partial charge on any atom is 0.169 e. The maximum absolute atomic E-state index is 5.40. The van der Waals surface area contributed by atoms with E-state index in [0.717, 1.165) is 67.7 Å². The second-order valence-electron chi connectivity index (χ2n) is 16.0. The van der Waals surface area contributed by atoms with Crippen LogP contribution < -0.4 is 21.3 Å². The zero-order valence-corrected chi connectivity index (χ0v) is 34.2. The molecule has 4 N–H and O–H groups in total. The monoisotopic (exact) mass is 771 g/mol. The Labute approximate surface area is 347 Å². The summed E-state index contributed by atoms with van der Waals surface area (Å²) in [5.74, 6) is 2.39. The highest BCUT2D eigenvalue weighted by atomic mass is 15.3. The van der Waals surface area contributed by atoms with Crippen molar-refractivity contribution >= 4 is 17.5 Å². The van der Waals surface area contributed by atoms with Crippen molar-refractivity contribution in [2.75, 3.05) is 0 Å². The maximum atomic E-state index is 5.40. The van der Waals surface area contributed by atoms with Crippen LogP contribution in [0.1, 0.15) is 92.7 Å². The van der Waals surface area contributed by atoms with E-state index in [4.69, 9.17) is 15.0 Å². The minimum absolute atomic E-state index is 0.126. The van der Waals surface area contributed by atoms with E-state index in [2.05, 4.69) is 214 Å². The summed E-state index contributed by atoms with van der Waals surface area (Å²) in [7, 11) is 0. The number of allylic oxidation sites excluding steroid dienone is 3. The zero-order valence-electron chi connectivity index (χ0n) is 34.2. The van der Waals surface area contributed by atoms with Crippen LogP contribution in [0.4, 0.5) is 0 Å². The lowest BCUT2D eigenvalue weighted by Crippen LogP contribution is -2.45. The van der Waals surface area contributed by atoms with E-state index in [-0.39, 0.29) is 18.4 Å². The Morgan fingerprint density at radius 1 is 0.441 bits per heavy atom. The fourth-order valence-electron chi connectivity index (χ4n) is 8.05. The Bertz CT molecular complexity index is 2700. The lowest BCUT2D eigenvalue weighted by Gasteiger charge is -2.33. The van der Waals surface area contributed by atoms with Crippen LogP contribution in [0.2, 0.25) is 0 Å². The molecule has 0 radical (unpaired) electrons. The summed E-state index contributed by atoms with van der Waals surface area (Å²) < 4.78 is 0. The van der Waals surface area contributed by atoms with E-state index in [1.165, 1.54) is 27.8 Å². The summed E-state index contributed by atoms with van der Waals surface area (Å²) in [6.45, 7) is 10.6. The lowest BCUT2D eigenvalue weighted by molar-refractivity contribution is 0.409. The number of hydrogen-bond acceptors (Lipinski definition) is 7. The van der Waals surface area contributed by atoms with E-state index in [9.17, 15) is 0 Å². The van der Waals surface area contributed by atoms with Gasteiger partial charge < -0.3 is 16.0 Å². The molecule has 4 atom stereocenters. The van der Waals surface area contributed by atoms with Crippen LogP contribution in [0, 0.1) is 27.7 Å². The first-order valence-corrected chi connectivity index (χ1v) is 20.4. The molecule has 0 spiro atoms. The minimum Gasteiger partial charge on any atom is -0.378 e. The van der Waals surface area contributed by atoms with Gasteiger partial charge in [-0.15, -0.1) is 0 Å². The number of aliphatic imine (C=N–C) groups is 3. The summed E-state index contributed by atoms with van der Waals surface area (Å²) in [6, 6.07) is 49.9. The van der Waals surface area contributed by atoms with Gasteiger partial charge in [-0.2, -0.15) is 0 Å². The molecule has 4 unspecified atom stereocenters. The van der Waals surface area contributed by atoms with Crippen molar-refractivity contribution in [2.24, 2.45) is 15.0 Å². The molecule has 0 saturated heterocycles. The molecule has 0 amide bonds. The number of amidine groups is 3. The highest BCUT2D eigenvalue weighted by Gasteiger charge is 2.28. The van der Waals surface area contributed by atoms with E-state index in [1.807, 2.05) is 0 Å². The number of rotatable bonds is 8. The molecule has 7 heteroatoms. The molecule has 6 aromatic carbocycles. The van der Waals surface area contributed by atoms with Gasteiger partial charge in [-0.05, 0) is 104 Å². The van der Waals surface area contributed by atoms with Crippen molar-refractivity contribution < 1.29 is 0 Å². The lowest BCUT2D eigenvalue weighted by atomic mass is 9.95. The third-order valence-corrected chi connectivity index (χ3v) is 11.1. The first-order chi connectivity index (χ1) is 28.7. The normalized spacial score (nSPS) is 19.9. The van der Waals surface area contributed by atoms with Gasteiger partial charge in [0.05, 0.1) is 6.04 Å². The van der Waals surface area contributed by atoms with Crippen molar-refractivity contribution in [1.29, 1.82) is 0 Å². The Hall–Kier alpha value is -6.83. The molecule has 0 aromatic heterocycles. The van der Waals surface area contributed by atoms with Crippen molar-refractivity contribution in [3.63, 3.8) is 0 Å². The van der Waals surface area contributed by atoms with Gasteiger partial charge in [-0.3, -0.25) is 5.32 Å². The van der Waals surface area contributed by atoms with Gasteiger partial charge in [0.1, 0.15) is 29.8 Å². The van der Waals surface area contributed by atoms with Crippen LogP contribution in [0.5, 0.6) is 0 Å². The quantitative estimate of drug-likeness (QED) is 0.124. The molecule has 9 rings (SSSR count). The van der Waals surface area contributed by atoms with Gasteiger partial charge in [-0.1, -0.05) is 144 Å². The summed E-state index contributed by atoms with van der Waals surface area (Å²) in [5, 5.41) is 14.9. The van der Waals surface area contributed by atoms with Gasteiger partial charge in [-0.25, -0.2) is 15.0 Å². The Morgan fingerprint density at radius 2 is 1.03 bits per heavy atom. The van der Waals surface area contributed by atoms with Gasteiger partial charge in [0.15, 0.2) is 6.17 Å². The topological polar surface area (TPSA) is 85.2 Å². The fraction of sp³-hybridized carbons (Fsp3) is 0.173. The molecule has 0 fully saturated rings. The molecule has 0 saturated carbocycles. The summed E-state index contributed by atoms with van der Waals surface area (Å²) in [4.78, 5) is 15.9. The van der Waals surface area contributed by atoms with Crippen LogP contribution in [-0.2, 0) is 0 Å². The Morgan fingerprint density at radius 3 is 1.69 bits per heavy atom. The van der Waals surface area contributed by atoms with Crippen molar-refractivity contribution in [1.82, 2.24) is 21.3 Å². The van der Waals surface area contributed by atoms with Crippen LogP contribution >= 0.6 is 0 Å². The van der Waals surface area contributed by atoms with E-state index in [1.54, 1.807) is 0 Å². The second-order valence-corrected chi connectivity index (χ2v) is 16.0. The van der Waals surface area contributed by atoms with Crippen molar-refractivity contribution in [2.45, 2.75) is 59.2 Å². The average Bonchev–Trinajstić information content (AvgIpc) is 3.26. The number of nitrogens with one attached hydrogen (secondary N) is 4. The smallest absolute Gasteiger partial charge is 0.169 e. The number of dihydropyridines is 1. The van der Waals surface area contributed by atoms with Gasteiger partial charge >= 0.3 is 0 Å². The Kier molecular flexibility index (Phi) is 10.4. The van der Waals surface area contributed by atoms with Crippen LogP contribution in [0.15, 0.2) is 178 Å². The summed E-state index contributed by atoms with van der Waals surface area (Å²) >= 11 is 0. The molecular weight excluding hydrogens is 723 g/mol. The van der Waals surface area contributed by atoms with Crippen LogP contribution in [0.3, 0.4) is 0 Å². The SMILES string of the molecule is CC1=CC=CC(c2ccc(-c3cc(C4=NC(c5cccc(C)c5)N=C(c5cccc(C)c5)N4)cc(C4N=C(c5cccc(C)c5)NC(c5cccc(C)c5)N4)c3)cc2)N1. The van der Waals surface area contributed by atoms with Gasteiger partial charge in [0.25, 0.3) is 0 Å². The van der Waals surface area contributed by atoms with E-state index in [0.29, 0.717) is 0 Å². The molecule has 59 heavy (non-hydrogen) atoms. The number of aryl methyl sites for hydroxylation is 4. The van der Waals surface area contributed by atoms with E-state index >= 15 is 0 Å². The molecule has 0 aliphatic carbocycles. The van der Waals surface area contributed by atoms with Crippen LogP contribution in [0.25, 0.3) is 11.1 Å². The zero-order chi connectivity index (χ0) is 40.5. The van der Waals surface area contributed by atoms with Crippen molar-refractivity contribution in [3.8, 4) is 11.1 Å². The Balaban J connectivity index is 1.19. The molecular formula is C52H49N7. The molecule has 7 nitrogen and oxygen atoms in total. The molecule has 0 bridgehead atoms. The number of benzene rings is 6. The van der Waals surface area contributed by atoms with E-state index < -0.39 is 6.17 Å². The summed E-state index contributed by atoms with van der Waals surface area (Å²) in [5.41, 5.74) is 15.5. The third kappa shape index (κ3) is 8.43. The number of nitrogens with zero attached hydrogens (tertiary/aromatic N) is 3. The van der Waals surface area contributed by atoms with Gasteiger partial charge in [0, 0.05) is 22.4 Å². The summed E-state index contributed by atoms with van der Waals surface area (Å²) in [6.07, 6.45) is 5.45.